The van der Waals surface area contributed by atoms with Crippen molar-refractivity contribution >= 4 is 15.9 Å². The second kappa shape index (κ2) is 5.60. The number of aryl methyl sites for hydroxylation is 3. The van der Waals surface area contributed by atoms with Gasteiger partial charge in [-0.15, -0.1) is 0 Å². The number of halogens is 4. The van der Waals surface area contributed by atoms with Gasteiger partial charge in [-0.05, 0) is 61.2 Å². The van der Waals surface area contributed by atoms with E-state index in [0.717, 1.165) is 0 Å². The van der Waals surface area contributed by atoms with Crippen molar-refractivity contribution in [3.8, 4) is 0 Å². The van der Waals surface area contributed by atoms with Crippen molar-refractivity contribution in [1.29, 1.82) is 0 Å². The summed E-state index contributed by atoms with van der Waals surface area (Å²) in [5.41, 5.74) is 2.34. The predicted molar refractivity (Wildman–Crippen MR) is 77.7 cm³/mol. The van der Waals surface area contributed by atoms with E-state index < -0.39 is 16.5 Å². The molecule has 2 aromatic rings. The Morgan fingerprint density at radius 1 is 0.850 bits per heavy atom. The Labute approximate surface area is 124 Å². The van der Waals surface area contributed by atoms with Crippen LogP contribution in [0.25, 0.3) is 0 Å². The van der Waals surface area contributed by atoms with E-state index in [9.17, 15) is 13.2 Å². The maximum atomic E-state index is 14.2. The molecular formula is C16H14BrF3. The molecule has 106 valence electrons. The minimum absolute atomic E-state index is 0.0391. The highest BCUT2D eigenvalue weighted by Gasteiger charge is 2.23. The standard InChI is InChI=1S/C16H14BrF3/c1-8-4-5-12(19)14(16(8)20)15(17)13-9(2)6-11(18)7-10(13)3/h4-7,15H,1-3H3. The molecule has 0 radical (unpaired) electrons. The fourth-order valence-electron chi connectivity index (χ4n) is 2.38. The van der Waals surface area contributed by atoms with Crippen molar-refractivity contribution in [2.45, 2.75) is 25.6 Å². The first-order chi connectivity index (χ1) is 9.32. The van der Waals surface area contributed by atoms with Crippen LogP contribution in [0.15, 0.2) is 24.3 Å². The molecule has 0 aromatic heterocycles. The second-order valence-electron chi connectivity index (χ2n) is 4.91. The van der Waals surface area contributed by atoms with Crippen LogP contribution in [0, 0.1) is 38.2 Å². The number of alkyl halides is 1. The molecule has 0 amide bonds. The molecule has 0 saturated heterocycles. The molecule has 1 atom stereocenters. The van der Waals surface area contributed by atoms with Gasteiger partial charge < -0.3 is 0 Å². The summed E-state index contributed by atoms with van der Waals surface area (Å²) in [5.74, 6) is -1.54. The minimum atomic E-state index is -0.650. The molecule has 0 spiro atoms. The topological polar surface area (TPSA) is 0 Å². The van der Waals surface area contributed by atoms with E-state index in [-0.39, 0.29) is 11.4 Å². The Balaban J connectivity index is 2.64. The molecular weight excluding hydrogens is 329 g/mol. The van der Waals surface area contributed by atoms with Crippen LogP contribution in [0.3, 0.4) is 0 Å². The van der Waals surface area contributed by atoms with Crippen molar-refractivity contribution < 1.29 is 13.2 Å². The van der Waals surface area contributed by atoms with Gasteiger partial charge in [-0.25, -0.2) is 13.2 Å². The normalized spacial score (nSPS) is 12.6. The van der Waals surface area contributed by atoms with Crippen molar-refractivity contribution in [3.63, 3.8) is 0 Å². The number of rotatable bonds is 2. The Morgan fingerprint density at radius 2 is 1.40 bits per heavy atom. The van der Waals surface area contributed by atoms with Crippen molar-refractivity contribution in [2.75, 3.05) is 0 Å². The molecule has 0 heterocycles. The van der Waals surface area contributed by atoms with Crippen LogP contribution in [-0.2, 0) is 0 Å². The lowest BCUT2D eigenvalue weighted by atomic mass is 9.94. The van der Waals surface area contributed by atoms with Crippen LogP contribution in [0.4, 0.5) is 13.2 Å². The average Bonchev–Trinajstić information content (AvgIpc) is 2.33. The molecule has 0 N–H and O–H groups in total. The third-order valence-corrected chi connectivity index (χ3v) is 4.30. The Bertz CT molecular complexity index is 642. The Hall–Kier alpha value is -1.29. The van der Waals surface area contributed by atoms with Gasteiger partial charge in [0.15, 0.2) is 0 Å². The van der Waals surface area contributed by atoms with Crippen molar-refractivity contribution in [1.82, 2.24) is 0 Å². The lowest BCUT2D eigenvalue weighted by Crippen LogP contribution is -2.06. The van der Waals surface area contributed by atoms with Gasteiger partial charge in [-0.1, -0.05) is 22.0 Å². The summed E-state index contributed by atoms with van der Waals surface area (Å²) in [6, 6.07) is 5.37. The fraction of sp³-hybridized carbons (Fsp3) is 0.250. The molecule has 0 fully saturated rings. The molecule has 0 aliphatic heterocycles. The van der Waals surface area contributed by atoms with E-state index >= 15 is 0 Å². The molecule has 0 bridgehead atoms. The van der Waals surface area contributed by atoms with E-state index in [0.29, 0.717) is 22.3 Å². The zero-order chi connectivity index (χ0) is 15.0. The van der Waals surface area contributed by atoms with Gasteiger partial charge in [-0.3, -0.25) is 0 Å². The highest BCUT2D eigenvalue weighted by Crippen LogP contribution is 2.38. The zero-order valence-corrected chi connectivity index (χ0v) is 13.0. The summed E-state index contributed by atoms with van der Waals surface area (Å²) < 4.78 is 41.5. The lowest BCUT2D eigenvalue weighted by molar-refractivity contribution is 0.554. The summed E-state index contributed by atoms with van der Waals surface area (Å²) in [5, 5.41) is 0. The highest BCUT2D eigenvalue weighted by molar-refractivity contribution is 9.09. The molecule has 2 aromatic carbocycles. The molecule has 2 rings (SSSR count). The number of benzene rings is 2. The minimum Gasteiger partial charge on any atom is -0.207 e. The zero-order valence-electron chi connectivity index (χ0n) is 11.4. The third kappa shape index (κ3) is 2.62. The maximum absolute atomic E-state index is 14.2. The molecule has 20 heavy (non-hydrogen) atoms. The first kappa shape index (κ1) is 15.1. The number of hydrogen-bond acceptors (Lipinski definition) is 0. The van der Waals surface area contributed by atoms with Gasteiger partial charge >= 0.3 is 0 Å². The van der Waals surface area contributed by atoms with Gasteiger partial charge in [-0.2, -0.15) is 0 Å². The maximum Gasteiger partial charge on any atom is 0.133 e. The SMILES string of the molecule is Cc1ccc(F)c(C(Br)c2c(C)cc(F)cc2C)c1F. The monoisotopic (exact) mass is 342 g/mol. The van der Waals surface area contributed by atoms with Crippen LogP contribution in [0.1, 0.15) is 32.6 Å². The van der Waals surface area contributed by atoms with E-state index in [1.54, 1.807) is 20.8 Å². The first-order valence-electron chi connectivity index (χ1n) is 6.18. The van der Waals surface area contributed by atoms with E-state index in [2.05, 4.69) is 15.9 Å². The average molecular weight is 343 g/mol. The molecule has 4 heteroatoms. The molecule has 0 aliphatic rings. The van der Waals surface area contributed by atoms with Gasteiger partial charge in [0, 0.05) is 5.56 Å². The molecule has 0 nitrogen and oxygen atoms in total. The van der Waals surface area contributed by atoms with E-state index in [1.165, 1.54) is 24.3 Å². The van der Waals surface area contributed by atoms with E-state index in [1.807, 2.05) is 0 Å². The third-order valence-electron chi connectivity index (χ3n) is 3.39. The van der Waals surface area contributed by atoms with Crippen LogP contribution in [0.5, 0.6) is 0 Å². The Morgan fingerprint density at radius 3 is 1.95 bits per heavy atom. The Kier molecular flexibility index (Phi) is 4.23. The lowest BCUT2D eigenvalue weighted by Gasteiger charge is -2.18. The van der Waals surface area contributed by atoms with Crippen LogP contribution < -0.4 is 0 Å². The summed E-state index contributed by atoms with van der Waals surface area (Å²) in [6.45, 7) is 5.04. The summed E-state index contributed by atoms with van der Waals surface area (Å²) in [6.07, 6.45) is 0. The van der Waals surface area contributed by atoms with Gasteiger partial charge in [0.05, 0.1) is 4.83 Å². The van der Waals surface area contributed by atoms with Crippen molar-refractivity contribution in [3.05, 3.63) is 69.5 Å². The summed E-state index contributed by atoms with van der Waals surface area (Å²) >= 11 is 3.35. The van der Waals surface area contributed by atoms with Crippen LogP contribution in [-0.4, -0.2) is 0 Å². The van der Waals surface area contributed by atoms with Crippen LogP contribution >= 0.6 is 15.9 Å². The van der Waals surface area contributed by atoms with Gasteiger partial charge in [0.1, 0.15) is 17.5 Å². The molecule has 0 saturated carbocycles. The van der Waals surface area contributed by atoms with E-state index in [4.69, 9.17) is 0 Å². The van der Waals surface area contributed by atoms with Crippen LogP contribution in [0.2, 0.25) is 0 Å². The summed E-state index contributed by atoms with van der Waals surface area (Å²) in [4.78, 5) is -0.650. The van der Waals surface area contributed by atoms with Gasteiger partial charge in [0.25, 0.3) is 0 Å². The second-order valence-corrected chi connectivity index (χ2v) is 5.82. The highest BCUT2D eigenvalue weighted by atomic mass is 79.9. The largest absolute Gasteiger partial charge is 0.207 e. The van der Waals surface area contributed by atoms with Crippen molar-refractivity contribution in [2.24, 2.45) is 0 Å². The molecule has 1 unspecified atom stereocenters. The fourth-order valence-corrected chi connectivity index (χ4v) is 3.52. The molecule has 0 aliphatic carbocycles. The quantitative estimate of drug-likeness (QED) is 0.631. The number of hydrogen-bond donors (Lipinski definition) is 0. The predicted octanol–water partition coefficient (Wildman–Crippen LogP) is 5.51. The smallest absolute Gasteiger partial charge is 0.133 e. The summed E-state index contributed by atoms with van der Waals surface area (Å²) in [7, 11) is 0. The van der Waals surface area contributed by atoms with Gasteiger partial charge in [0.2, 0.25) is 0 Å². The first-order valence-corrected chi connectivity index (χ1v) is 7.09.